The summed E-state index contributed by atoms with van der Waals surface area (Å²) in [5.41, 5.74) is 2.09. The van der Waals surface area contributed by atoms with Gasteiger partial charge in [0.15, 0.2) is 0 Å². The molecule has 1 unspecified atom stereocenters. The highest BCUT2D eigenvalue weighted by molar-refractivity contribution is 6.30. The first-order valence-corrected chi connectivity index (χ1v) is 10.4. The van der Waals surface area contributed by atoms with Crippen LogP contribution in [0.3, 0.4) is 0 Å². The molecule has 3 aromatic rings. The SMILES string of the molecule is Cc1nn(-c2ccccc2)c(C)c1NC(=O)CN1C(=O)NC(C)(c2ccc(Cl)cc2)C1=O. The third kappa shape index (κ3) is 3.73. The lowest BCUT2D eigenvalue weighted by Crippen LogP contribution is -2.42. The maximum atomic E-state index is 13.0. The molecule has 2 N–H and O–H groups in total. The number of benzene rings is 2. The molecule has 1 aliphatic heterocycles. The van der Waals surface area contributed by atoms with Gasteiger partial charge in [-0.2, -0.15) is 5.10 Å². The Bertz CT molecular complexity index is 1210. The lowest BCUT2D eigenvalue weighted by Gasteiger charge is -2.22. The highest BCUT2D eigenvalue weighted by atomic mass is 35.5. The van der Waals surface area contributed by atoms with E-state index in [1.807, 2.05) is 37.3 Å². The maximum Gasteiger partial charge on any atom is 0.325 e. The van der Waals surface area contributed by atoms with E-state index >= 15 is 0 Å². The molecule has 2 aromatic carbocycles. The minimum Gasteiger partial charge on any atom is -0.321 e. The third-order valence-corrected chi connectivity index (χ3v) is 5.81. The molecular formula is C23H22ClN5O3. The Morgan fingerprint density at radius 2 is 1.75 bits per heavy atom. The molecule has 1 atom stereocenters. The van der Waals surface area contributed by atoms with Gasteiger partial charge in [-0.25, -0.2) is 9.48 Å². The zero-order chi connectivity index (χ0) is 23.0. The van der Waals surface area contributed by atoms with E-state index < -0.39 is 29.9 Å². The predicted molar refractivity (Wildman–Crippen MR) is 121 cm³/mol. The second kappa shape index (κ2) is 8.12. The van der Waals surface area contributed by atoms with Gasteiger partial charge < -0.3 is 10.6 Å². The number of imide groups is 1. The van der Waals surface area contributed by atoms with Crippen LogP contribution in [0.5, 0.6) is 0 Å². The van der Waals surface area contributed by atoms with E-state index in [9.17, 15) is 14.4 Å². The van der Waals surface area contributed by atoms with Gasteiger partial charge in [-0.1, -0.05) is 41.9 Å². The molecule has 0 saturated carbocycles. The van der Waals surface area contributed by atoms with Crippen LogP contribution in [0.25, 0.3) is 5.69 Å². The fourth-order valence-electron chi connectivity index (χ4n) is 3.79. The van der Waals surface area contributed by atoms with E-state index in [-0.39, 0.29) is 0 Å². The molecule has 1 saturated heterocycles. The van der Waals surface area contributed by atoms with Crippen molar-refractivity contribution < 1.29 is 14.4 Å². The summed E-state index contributed by atoms with van der Waals surface area (Å²) in [4.78, 5) is 39.2. The first-order valence-electron chi connectivity index (χ1n) is 10.0. The highest BCUT2D eigenvalue weighted by Crippen LogP contribution is 2.30. The molecule has 164 valence electrons. The van der Waals surface area contributed by atoms with E-state index in [0.717, 1.165) is 16.3 Å². The number of carbonyl (C=O) groups is 3. The second-order valence-electron chi connectivity index (χ2n) is 7.79. The molecule has 4 rings (SSSR count). The standard InChI is InChI=1S/C23H22ClN5O3/c1-14-20(15(2)29(27-14)18-7-5-4-6-8-18)25-19(30)13-28-21(31)23(3,26-22(28)32)16-9-11-17(24)12-10-16/h4-12H,13H2,1-3H3,(H,25,30)(H,26,32). The number of anilines is 1. The largest absolute Gasteiger partial charge is 0.325 e. The van der Waals surface area contributed by atoms with Crippen LogP contribution in [0.4, 0.5) is 10.5 Å². The monoisotopic (exact) mass is 451 g/mol. The van der Waals surface area contributed by atoms with Crippen molar-refractivity contribution in [3.8, 4) is 5.69 Å². The topological polar surface area (TPSA) is 96.3 Å². The molecule has 1 aliphatic rings. The Morgan fingerprint density at radius 3 is 2.41 bits per heavy atom. The number of nitrogens with one attached hydrogen (secondary N) is 2. The summed E-state index contributed by atoms with van der Waals surface area (Å²) in [7, 11) is 0. The van der Waals surface area contributed by atoms with E-state index in [4.69, 9.17) is 11.6 Å². The summed E-state index contributed by atoms with van der Waals surface area (Å²) in [5.74, 6) is -0.999. The number of aromatic nitrogens is 2. The number of halogens is 1. The van der Waals surface area contributed by atoms with Crippen molar-refractivity contribution in [2.75, 3.05) is 11.9 Å². The van der Waals surface area contributed by atoms with Crippen LogP contribution in [0.15, 0.2) is 54.6 Å². The summed E-state index contributed by atoms with van der Waals surface area (Å²) in [5, 5.41) is 10.5. The molecule has 0 radical (unpaired) electrons. The lowest BCUT2D eigenvalue weighted by molar-refractivity contribution is -0.133. The number of aryl methyl sites for hydroxylation is 1. The number of hydrogen-bond acceptors (Lipinski definition) is 4. The number of urea groups is 1. The summed E-state index contributed by atoms with van der Waals surface area (Å²) >= 11 is 5.93. The average molecular weight is 452 g/mol. The second-order valence-corrected chi connectivity index (χ2v) is 8.23. The fourth-order valence-corrected chi connectivity index (χ4v) is 3.91. The van der Waals surface area contributed by atoms with Gasteiger partial charge in [-0.05, 0) is 50.6 Å². The summed E-state index contributed by atoms with van der Waals surface area (Å²) in [6, 6.07) is 15.6. The van der Waals surface area contributed by atoms with Crippen molar-refractivity contribution in [3.05, 3.63) is 76.6 Å². The molecule has 8 nitrogen and oxygen atoms in total. The molecule has 0 aliphatic carbocycles. The van der Waals surface area contributed by atoms with Crippen molar-refractivity contribution in [3.63, 3.8) is 0 Å². The van der Waals surface area contributed by atoms with Crippen LogP contribution < -0.4 is 10.6 Å². The van der Waals surface area contributed by atoms with Crippen molar-refractivity contribution >= 4 is 35.1 Å². The molecule has 2 heterocycles. The van der Waals surface area contributed by atoms with Gasteiger partial charge in [0.2, 0.25) is 5.91 Å². The molecule has 1 aromatic heterocycles. The van der Waals surface area contributed by atoms with E-state index in [2.05, 4.69) is 15.7 Å². The number of amides is 4. The van der Waals surface area contributed by atoms with Crippen molar-refractivity contribution in [1.82, 2.24) is 20.0 Å². The van der Waals surface area contributed by atoms with E-state index in [1.165, 1.54) is 0 Å². The van der Waals surface area contributed by atoms with Crippen molar-refractivity contribution in [2.24, 2.45) is 0 Å². The van der Waals surface area contributed by atoms with Crippen LogP contribution in [0.2, 0.25) is 5.02 Å². The fraction of sp³-hybridized carbons (Fsp3) is 0.217. The number of hydrogen-bond donors (Lipinski definition) is 2. The van der Waals surface area contributed by atoms with Gasteiger partial charge >= 0.3 is 6.03 Å². The van der Waals surface area contributed by atoms with Gasteiger partial charge in [0.1, 0.15) is 12.1 Å². The smallest absolute Gasteiger partial charge is 0.321 e. The Hall–Kier alpha value is -3.65. The predicted octanol–water partition coefficient (Wildman–Crippen LogP) is 3.55. The average Bonchev–Trinajstić information content (AvgIpc) is 3.17. The number of rotatable bonds is 5. The molecular weight excluding hydrogens is 430 g/mol. The molecule has 0 spiro atoms. The maximum absolute atomic E-state index is 13.0. The number of para-hydroxylation sites is 1. The lowest BCUT2D eigenvalue weighted by atomic mass is 9.92. The van der Waals surface area contributed by atoms with E-state index in [0.29, 0.717) is 22.0 Å². The zero-order valence-electron chi connectivity index (χ0n) is 17.8. The number of carbonyl (C=O) groups excluding carboxylic acids is 3. The molecule has 4 amide bonds. The van der Waals surface area contributed by atoms with Crippen LogP contribution >= 0.6 is 11.6 Å². The zero-order valence-corrected chi connectivity index (χ0v) is 18.6. The van der Waals surface area contributed by atoms with Gasteiger partial charge in [0.25, 0.3) is 5.91 Å². The number of nitrogens with zero attached hydrogens (tertiary/aromatic N) is 3. The normalized spacial score (nSPS) is 18.1. The van der Waals surface area contributed by atoms with Crippen LogP contribution in [0, 0.1) is 13.8 Å². The highest BCUT2D eigenvalue weighted by Gasteiger charge is 2.49. The van der Waals surface area contributed by atoms with E-state index in [1.54, 1.807) is 42.8 Å². The first kappa shape index (κ1) is 21.6. The van der Waals surface area contributed by atoms with Crippen molar-refractivity contribution in [1.29, 1.82) is 0 Å². The minimum atomic E-state index is -1.27. The Kier molecular flexibility index (Phi) is 5.48. The quantitative estimate of drug-likeness (QED) is 0.580. The van der Waals surface area contributed by atoms with Gasteiger partial charge in [0.05, 0.1) is 22.8 Å². The Labute approximate surface area is 190 Å². The Morgan fingerprint density at radius 1 is 1.09 bits per heavy atom. The van der Waals surface area contributed by atoms with Crippen LogP contribution in [0.1, 0.15) is 23.9 Å². The minimum absolute atomic E-state index is 0.413. The summed E-state index contributed by atoms with van der Waals surface area (Å²) < 4.78 is 1.73. The van der Waals surface area contributed by atoms with Gasteiger partial charge in [0, 0.05) is 5.02 Å². The van der Waals surface area contributed by atoms with Crippen molar-refractivity contribution in [2.45, 2.75) is 26.3 Å². The first-order chi connectivity index (χ1) is 15.2. The van der Waals surface area contributed by atoms with Crippen LogP contribution in [-0.4, -0.2) is 39.1 Å². The summed E-state index contributed by atoms with van der Waals surface area (Å²) in [6.07, 6.45) is 0. The van der Waals surface area contributed by atoms with Gasteiger partial charge in [-0.3, -0.25) is 14.5 Å². The molecule has 0 bridgehead atoms. The third-order valence-electron chi connectivity index (χ3n) is 5.55. The molecule has 9 heteroatoms. The van der Waals surface area contributed by atoms with Gasteiger partial charge in [-0.15, -0.1) is 0 Å². The molecule has 1 fully saturated rings. The Balaban J connectivity index is 1.51. The van der Waals surface area contributed by atoms with Crippen LogP contribution in [-0.2, 0) is 15.1 Å². The summed E-state index contributed by atoms with van der Waals surface area (Å²) in [6.45, 7) is 4.82. The molecule has 32 heavy (non-hydrogen) atoms.